The van der Waals surface area contributed by atoms with E-state index in [1.165, 1.54) is 11.8 Å². The Labute approximate surface area is 152 Å². The molecule has 124 valence electrons. The van der Waals surface area contributed by atoms with E-state index in [0.29, 0.717) is 15.8 Å². The molecule has 0 unspecified atom stereocenters. The third-order valence-electron chi connectivity index (χ3n) is 3.20. The van der Waals surface area contributed by atoms with E-state index < -0.39 is 9.84 Å². The molecule has 9 heteroatoms. The SMILES string of the molecule is O=S(=O)(CCSc1nnnn1-c1ccccc1)c1ccc(Br)cc1. The van der Waals surface area contributed by atoms with Crippen LogP contribution < -0.4 is 0 Å². The van der Waals surface area contributed by atoms with Crippen molar-refractivity contribution < 1.29 is 8.42 Å². The first-order valence-electron chi connectivity index (χ1n) is 7.01. The number of thioether (sulfide) groups is 1. The summed E-state index contributed by atoms with van der Waals surface area (Å²) < 4.78 is 27.1. The molecule has 3 aromatic rings. The van der Waals surface area contributed by atoms with E-state index in [4.69, 9.17) is 0 Å². The van der Waals surface area contributed by atoms with Crippen molar-refractivity contribution in [1.29, 1.82) is 0 Å². The summed E-state index contributed by atoms with van der Waals surface area (Å²) in [7, 11) is -3.33. The molecule has 0 bridgehead atoms. The van der Waals surface area contributed by atoms with Crippen molar-refractivity contribution >= 4 is 37.5 Å². The molecular formula is C15H13BrN4O2S2. The summed E-state index contributed by atoms with van der Waals surface area (Å²) in [4.78, 5) is 0.314. The van der Waals surface area contributed by atoms with E-state index >= 15 is 0 Å². The number of rotatable bonds is 6. The highest BCUT2D eigenvalue weighted by atomic mass is 79.9. The van der Waals surface area contributed by atoms with Gasteiger partial charge < -0.3 is 0 Å². The highest BCUT2D eigenvalue weighted by Gasteiger charge is 2.16. The second-order valence-corrected chi connectivity index (χ2v) is 8.92. The molecule has 0 saturated heterocycles. The Morgan fingerprint density at radius 3 is 2.46 bits per heavy atom. The van der Waals surface area contributed by atoms with Gasteiger partial charge in [-0.3, -0.25) is 0 Å². The number of nitrogens with zero attached hydrogens (tertiary/aromatic N) is 4. The summed E-state index contributed by atoms with van der Waals surface area (Å²) >= 11 is 4.61. The van der Waals surface area contributed by atoms with Crippen molar-refractivity contribution in [2.75, 3.05) is 11.5 Å². The second kappa shape index (κ2) is 7.45. The van der Waals surface area contributed by atoms with Gasteiger partial charge in [0.05, 0.1) is 16.3 Å². The number of hydrogen-bond acceptors (Lipinski definition) is 6. The van der Waals surface area contributed by atoms with Gasteiger partial charge in [-0.05, 0) is 46.8 Å². The van der Waals surface area contributed by atoms with Crippen molar-refractivity contribution in [3.63, 3.8) is 0 Å². The van der Waals surface area contributed by atoms with Crippen LogP contribution >= 0.6 is 27.7 Å². The summed E-state index contributed by atoms with van der Waals surface area (Å²) in [6, 6.07) is 16.1. The number of halogens is 1. The van der Waals surface area contributed by atoms with Crippen LogP contribution in [-0.4, -0.2) is 40.1 Å². The monoisotopic (exact) mass is 424 g/mol. The van der Waals surface area contributed by atoms with E-state index in [2.05, 4.69) is 31.5 Å². The first kappa shape index (κ1) is 17.1. The predicted molar refractivity (Wildman–Crippen MR) is 96.1 cm³/mol. The fraction of sp³-hybridized carbons (Fsp3) is 0.133. The first-order chi connectivity index (χ1) is 11.6. The summed E-state index contributed by atoms with van der Waals surface area (Å²) in [6.45, 7) is 0. The lowest BCUT2D eigenvalue weighted by Crippen LogP contribution is -2.09. The Hall–Kier alpha value is -1.71. The number of tetrazole rings is 1. The van der Waals surface area contributed by atoms with Gasteiger partial charge in [-0.25, -0.2) is 8.42 Å². The maximum atomic E-state index is 12.3. The fourth-order valence-electron chi connectivity index (χ4n) is 2.00. The number of para-hydroxylation sites is 1. The molecule has 0 aliphatic rings. The second-order valence-electron chi connectivity index (χ2n) is 4.83. The zero-order valence-electron chi connectivity index (χ0n) is 12.4. The minimum Gasteiger partial charge on any atom is -0.224 e. The van der Waals surface area contributed by atoms with Crippen molar-refractivity contribution in [3.05, 3.63) is 59.1 Å². The number of benzene rings is 2. The zero-order chi connectivity index (χ0) is 17.0. The van der Waals surface area contributed by atoms with Gasteiger partial charge in [-0.1, -0.05) is 45.9 Å². The van der Waals surface area contributed by atoms with Gasteiger partial charge >= 0.3 is 0 Å². The maximum Gasteiger partial charge on any atom is 0.214 e. The molecule has 0 amide bonds. The molecule has 0 aliphatic carbocycles. The molecule has 0 aliphatic heterocycles. The van der Waals surface area contributed by atoms with Crippen LogP contribution in [0.3, 0.4) is 0 Å². The molecule has 0 saturated carbocycles. The molecular weight excluding hydrogens is 412 g/mol. The maximum absolute atomic E-state index is 12.3. The molecule has 0 radical (unpaired) electrons. The largest absolute Gasteiger partial charge is 0.224 e. The molecule has 1 heterocycles. The molecule has 1 aromatic heterocycles. The topological polar surface area (TPSA) is 77.7 Å². The smallest absolute Gasteiger partial charge is 0.214 e. The highest BCUT2D eigenvalue weighted by molar-refractivity contribution is 9.10. The van der Waals surface area contributed by atoms with Gasteiger partial charge in [-0.15, -0.1) is 5.10 Å². The van der Waals surface area contributed by atoms with Crippen molar-refractivity contribution in [2.24, 2.45) is 0 Å². The lowest BCUT2D eigenvalue weighted by Gasteiger charge is -2.05. The van der Waals surface area contributed by atoms with E-state index in [9.17, 15) is 8.42 Å². The van der Waals surface area contributed by atoms with Gasteiger partial charge in [-0.2, -0.15) is 4.68 Å². The zero-order valence-corrected chi connectivity index (χ0v) is 15.6. The Kier molecular flexibility index (Phi) is 5.32. The van der Waals surface area contributed by atoms with Gasteiger partial charge in [0, 0.05) is 10.2 Å². The lowest BCUT2D eigenvalue weighted by molar-refractivity contribution is 0.597. The highest BCUT2D eigenvalue weighted by Crippen LogP contribution is 2.21. The van der Waals surface area contributed by atoms with Crippen LogP contribution in [-0.2, 0) is 9.84 Å². The third kappa shape index (κ3) is 4.03. The fourth-order valence-corrected chi connectivity index (χ4v) is 4.81. The van der Waals surface area contributed by atoms with Crippen LogP contribution in [0.25, 0.3) is 5.69 Å². The van der Waals surface area contributed by atoms with Gasteiger partial charge in [0.15, 0.2) is 9.84 Å². The van der Waals surface area contributed by atoms with Crippen LogP contribution in [0, 0.1) is 0 Å². The van der Waals surface area contributed by atoms with E-state index in [1.54, 1.807) is 28.9 Å². The summed E-state index contributed by atoms with van der Waals surface area (Å²) in [5, 5.41) is 12.1. The average molecular weight is 425 g/mol. The molecule has 0 atom stereocenters. The number of sulfone groups is 1. The number of hydrogen-bond donors (Lipinski definition) is 0. The summed E-state index contributed by atoms with van der Waals surface area (Å²) in [6.07, 6.45) is 0. The van der Waals surface area contributed by atoms with Crippen molar-refractivity contribution in [3.8, 4) is 5.69 Å². The van der Waals surface area contributed by atoms with Crippen molar-refractivity contribution in [2.45, 2.75) is 10.1 Å². The van der Waals surface area contributed by atoms with Crippen LogP contribution in [0.4, 0.5) is 0 Å². The summed E-state index contributed by atoms with van der Waals surface area (Å²) in [5.74, 6) is 0.382. The standard InChI is InChI=1S/C15H13BrN4O2S2/c16-12-6-8-14(9-7-12)24(21,22)11-10-23-15-17-18-19-20(15)13-4-2-1-3-5-13/h1-9H,10-11H2. The van der Waals surface area contributed by atoms with E-state index in [-0.39, 0.29) is 5.75 Å². The lowest BCUT2D eigenvalue weighted by atomic mass is 10.3. The molecule has 0 N–H and O–H groups in total. The van der Waals surface area contributed by atoms with Crippen LogP contribution in [0.5, 0.6) is 0 Å². The van der Waals surface area contributed by atoms with Gasteiger partial charge in [0.2, 0.25) is 5.16 Å². The van der Waals surface area contributed by atoms with Gasteiger partial charge in [0.25, 0.3) is 0 Å². The van der Waals surface area contributed by atoms with Crippen LogP contribution in [0.15, 0.2) is 69.1 Å². The Morgan fingerprint density at radius 1 is 1.04 bits per heavy atom. The van der Waals surface area contributed by atoms with Gasteiger partial charge in [0.1, 0.15) is 0 Å². The normalized spacial score (nSPS) is 11.5. The minimum absolute atomic E-state index is 0.0148. The molecule has 0 spiro atoms. The molecule has 0 fully saturated rings. The number of aromatic nitrogens is 4. The quantitative estimate of drug-likeness (QED) is 0.565. The predicted octanol–water partition coefficient (Wildman–Crippen LogP) is 2.99. The van der Waals surface area contributed by atoms with Crippen LogP contribution in [0.2, 0.25) is 0 Å². The Morgan fingerprint density at radius 2 is 1.75 bits per heavy atom. The third-order valence-corrected chi connectivity index (χ3v) is 6.64. The minimum atomic E-state index is -3.33. The van der Waals surface area contributed by atoms with E-state index in [1.807, 2.05) is 30.3 Å². The first-order valence-corrected chi connectivity index (χ1v) is 10.4. The Balaban J connectivity index is 1.67. The Bertz CT molecular complexity index is 912. The van der Waals surface area contributed by atoms with E-state index in [0.717, 1.165) is 10.2 Å². The molecule has 2 aromatic carbocycles. The molecule has 24 heavy (non-hydrogen) atoms. The molecule has 6 nitrogen and oxygen atoms in total. The molecule has 3 rings (SSSR count). The van der Waals surface area contributed by atoms with Crippen LogP contribution in [0.1, 0.15) is 0 Å². The van der Waals surface area contributed by atoms with Crippen molar-refractivity contribution in [1.82, 2.24) is 20.2 Å². The average Bonchev–Trinajstić information content (AvgIpc) is 3.04. The summed E-state index contributed by atoms with van der Waals surface area (Å²) in [5.41, 5.74) is 0.834.